The van der Waals surface area contributed by atoms with Crippen molar-refractivity contribution in [3.05, 3.63) is 145 Å². The van der Waals surface area contributed by atoms with E-state index in [4.69, 9.17) is 9.97 Å². The third kappa shape index (κ3) is 5.72. The molecular formula is C44H40N2. The Morgan fingerprint density at radius 1 is 0.370 bits per heavy atom. The van der Waals surface area contributed by atoms with E-state index < -0.39 is 0 Å². The fourth-order valence-corrected chi connectivity index (χ4v) is 6.17. The molecule has 0 fully saturated rings. The summed E-state index contributed by atoms with van der Waals surface area (Å²) in [6.07, 6.45) is 0. The summed E-state index contributed by atoms with van der Waals surface area (Å²) in [5, 5.41) is 2.24. The number of fused-ring (bicyclic) bond motifs is 3. The van der Waals surface area contributed by atoms with Crippen LogP contribution in [-0.4, -0.2) is 9.97 Å². The van der Waals surface area contributed by atoms with Crippen LogP contribution in [0.5, 0.6) is 0 Å². The largest absolute Gasteiger partial charge is 0.250 e. The number of pyridine rings is 2. The van der Waals surface area contributed by atoms with Gasteiger partial charge < -0.3 is 0 Å². The van der Waals surface area contributed by atoms with E-state index in [0.29, 0.717) is 0 Å². The summed E-state index contributed by atoms with van der Waals surface area (Å²) in [5.74, 6) is 0. The molecule has 0 aliphatic carbocycles. The molecule has 0 spiro atoms. The standard InChI is InChI=1S/C44H40N2/c1-43(2,3)39-23-21-31-20-22-37-38(28-40(44(4,5)6)46-42(37)41(31)45-39)33-19-13-18-32(24-33)36-26-34(29-14-9-7-10-15-29)25-35(27-36)30-16-11-8-12-17-30/h7-28H,1-6H3. The highest BCUT2D eigenvalue weighted by atomic mass is 14.8. The normalized spacial score (nSPS) is 12.1. The third-order valence-corrected chi connectivity index (χ3v) is 8.83. The van der Waals surface area contributed by atoms with Crippen LogP contribution < -0.4 is 0 Å². The predicted molar refractivity (Wildman–Crippen MR) is 196 cm³/mol. The third-order valence-electron chi connectivity index (χ3n) is 8.83. The molecule has 0 N–H and O–H groups in total. The maximum Gasteiger partial charge on any atom is 0.0974 e. The Kier molecular flexibility index (Phi) is 7.32. The zero-order valence-electron chi connectivity index (χ0n) is 27.6. The minimum atomic E-state index is -0.126. The quantitative estimate of drug-likeness (QED) is 0.189. The number of hydrogen-bond acceptors (Lipinski definition) is 2. The van der Waals surface area contributed by atoms with Crippen molar-refractivity contribution in [1.82, 2.24) is 9.97 Å². The molecule has 0 amide bonds. The summed E-state index contributed by atoms with van der Waals surface area (Å²) in [6, 6.07) is 48.3. The van der Waals surface area contributed by atoms with Crippen molar-refractivity contribution in [2.24, 2.45) is 0 Å². The van der Waals surface area contributed by atoms with Crippen LogP contribution in [0.2, 0.25) is 0 Å². The molecule has 0 atom stereocenters. The van der Waals surface area contributed by atoms with Gasteiger partial charge in [0, 0.05) is 33.0 Å². The van der Waals surface area contributed by atoms with E-state index in [0.717, 1.165) is 33.2 Å². The van der Waals surface area contributed by atoms with E-state index in [1.54, 1.807) is 0 Å². The van der Waals surface area contributed by atoms with Gasteiger partial charge in [0.1, 0.15) is 0 Å². The minimum absolute atomic E-state index is 0.0535. The molecule has 2 heterocycles. The van der Waals surface area contributed by atoms with Gasteiger partial charge in [-0.15, -0.1) is 0 Å². The summed E-state index contributed by atoms with van der Waals surface area (Å²) < 4.78 is 0. The molecule has 226 valence electrons. The first-order valence-electron chi connectivity index (χ1n) is 16.2. The summed E-state index contributed by atoms with van der Waals surface area (Å²) >= 11 is 0. The van der Waals surface area contributed by atoms with Crippen LogP contribution in [0.3, 0.4) is 0 Å². The fraction of sp³-hybridized carbons (Fsp3) is 0.182. The summed E-state index contributed by atoms with van der Waals surface area (Å²) in [6.45, 7) is 13.4. The van der Waals surface area contributed by atoms with Crippen LogP contribution in [-0.2, 0) is 10.8 Å². The average molecular weight is 597 g/mol. The zero-order valence-corrected chi connectivity index (χ0v) is 27.6. The molecule has 2 heteroatoms. The van der Waals surface area contributed by atoms with Crippen LogP contribution in [0.25, 0.3) is 66.3 Å². The molecule has 0 unspecified atom stereocenters. The lowest BCUT2D eigenvalue weighted by molar-refractivity contribution is 0.570. The summed E-state index contributed by atoms with van der Waals surface area (Å²) in [5.41, 5.74) is 13.5. The molecule has 5 aromatic carbocycles. The first kappa shape index (κ1) is 29.6. The van der Waals surface area contributed by atoms with Crippen molar-refractivity contribution in [1.29, 1.82) is 0 Å². The SMILES string of the molecule is CC(C)(C)c1ccc2ccc3c(-c4cccc(-c5cc(-c6ccccc6)cc(-c6ccccc6)c5)c4)cc(C(C)(C)C)nc3c2n1. The van der Waals surface area contributed by atoms with Gasteiger partial charge in [-0.1, -0.05) is 139 Å². The highest BCUT2D eigenvalue weighted by Crippen LogP contribution is 2.39. The van der Waals surface area contributed by atoms with Crippen molar-refractivity contribution in [3.63, 3.8) is 0 Å². The van der Waals surface area contributed by atoms with Crippen molar-refractivity contribution in [2.75, 3.05) is 0 Å². The van der Waals surface area contributed by atoms with Gasteiger partial charge in [0.2, 0.25) is 0 Å². The molecule has 2 nitrogen and oxygen atoms in total. The second-order valence-electron chi connectivity index (χ2n) is 14.4. The zero-order chi connectivity index (χ0) is 32.1. The van der Waals surface area contributed by atoms with Crippen LogP contribution in [0.15, 0.2) is 133 Å². The lowest BCUT2D eigenvalue weighted by Crippen LogP contribution is -2.15. The van der Waals surface area contributed by atoms with E-state index >= 15 is 0 Å². The fourth-order valence-electron chi connectivity index (χ4n) is 6.17. The van der Waals surface area contributed by atoms with Gasteiger partial charge in [-0.05, 0) is 80.9 Å². The maximum atomic E-state index is 5.29. The van der Waals surface area contributed by atoms with Crippen LogP contribution >= 0.6 is 0 Å². The Morgan fingerprint density at radius 2 is 0.848 bits per heavy atom. The van der Waals surface area contributed by atoms with E-state index in [1.165, 1.54) is 44.5 Å². The summed E-state index contributed by atoms with van der Waals surface area (Å²) in [4.78, 5) is 10.5. The molecule has 2 aromatic heterocycles. The van der Waals surface area contributed by atoms with Gasteiger partial charge in [-0.25, -0.2) is 9.97 Å². The van der Waals surface area contributed by atoms with Crippen molar-refractivity contribution >= 4 is 21.8 Å². The molecule has 0 aliphatic rings. The van der Waals surface area contributed by atoms with Crippen molar-refractivity contribution in [3.8, 4) is 44.5 Å². The molecule has 0 saturated carbocycles. The monoisotopic (exact) mass is 596 g/mol. The van der Waals surface area contributed by atoms with Crippen LogP contribution in [0.4, 0.5) is 0 Å². The Balaban J connectivity index is 1.45. The number of aromatic nitrogens is 2. The van der Waals surface area contributed by atoms with Crippen molar-refractivity contribution < 1.29 is 0 Å². The number of rotatable bonds is 4. The number of nitrogens with zero attached hydrogens (tertiary/aromatic N) is 2. The Hall–Kier alpha value is -5.08. The molecule has 0 bridgehead atoms. The van der Waals surface area contributed by atoms with E-state index in [1.807, 2.05) is 0 Å². The minimum Gasteiger partial charge on any atom is -0.250 e. The second-order valence-corrected chi connectivity index (χ2v) is 14.4. The second kappa shape index (κ2) is 11.4. The predicted octanol–water partition coefficient (Wildman–Crippen LogP) is 12.0. The topological polar surface area (TPSA) is 25.8 Å². The number of hydrogen-bond donors (Lipinski definition) is 0. The molecule has 46 heavy (non-hydrogen) atoms. The Bertz CT molecular complexity index is 2140. The van der Waals surface area contributed by atoms with E-state index in [-0.39, 0.29) is 10.8 Å². The van der Waals surface area contributed by atoms with Gasteiger partial charge in [0.25, 0.3) is 0 Å². The highest BCUT2D eigenvalue weighted by Gasteiger charge is 2.22. The van der Waals surface area contributed by atoms with Gasteiger partial charge in [0.05, 0.1) is 11.0 Å². The average Bonchev–Trinajstić information content (AvgIpc) is 3.07. The molecule has 0 radical (unpaired) electrons. The molecule has 7 rings (SSSR count). The molecule has 0 aliphatic heterocycles. The van der Waals surface area contributed by atoms with Crippen LogP contribution in [0.1, 0.15) is 52.9 Å². The molecular weight excluding hydrogens is 556 g/mol. The van der Waals surface area contributed by atoms with Crippen molar-refractivity contribution in [2.45, 2.75) is 52.4 Å². The van der Waals surface area contributed by atoms with Gasteiger partial charge >= 0.3 is 0 Å². The lowest BCUT2D eigenvalue weighted by Gasteiger charge is -2.22. The van der Waals surface area contributed by atoms with Gasteiger partial charge in [-0.2, -0.15) is 0 Å². The first-order valence-corrected chi connectivity index (χ1v) is 16.2. The number of benzene rings is 5. The van der Waals surface area contributed by atoms with Gasteiger partial charge in [-0.3, -0.25) is 0 Å². The first-order chi connectivity index (χ1) is 22.0. The molecule has 0 saturated heterocycles. The molecule has 7 aromatic rings. The Labute approximate surface area is 272 Å². The smallest absolute Gasteiger partial charge is 0.0974 e. The highest BCUT2D eigenvalue weighted by molar-refractivity contribution is 6.08. The lowest BCUT2D eigenvalue weighted by atomic mass is 9.87. The van der Waals surface area contributed by atoms with E-state index in [9.17, 15) is 0 Å². The van der Waals surface area contributed by atoms with Crippen LogP contribution in [0, 0.1) is 0 Å². The Morgan fingerprint density at radius 3 is 1.43 bits per heavy atom. The van der Waals surface area contributed by atoms with E-state index in [2.05, 4.69) is 175 Å². The maximum absolute atomic E-state index is 5.29. The summed E-state index contributed by atoms with van der Waals surface area (Å²) in [7, 11) is 0. The van der Waals surface area contributed by atoms with Gasteiger partial charge in [0.15, 0.2) is 0 Å².